The zero-order valence-corrected chi connectivity index (χ0v) is 20.8. The third-order valence-electron chi connectivity index (χ3n) is 6.64. The van der Waals surface area contributed by atoms with E-state index in [0.29, 0.717) is 22.6 Å². The number of benzene rings is 4. The van der Waals surface area contributed by atoms with Gasteiger partial charge in [0, 0.05) is 11.1 Å². The van der Waals surface area contributed by atoms with Crippen molar-refractivity contribution in [3.05, 3.63) is 144 Å². The maximum Gasteiger partial charge on any atom is 0.338 e. The lowest BCUT2D eigenvalue weighted by atomic mass is 9.68. The highest BCUT2D eigenvalue weighted by molar-refractivity contribution is 5.90. The molecule has 0 unspecified atom stereocenters. The summed E-state index contributed by atoms with van der Waals surface area (Å²) in [6.07, 6.45) is 0. The summed E-state index contributed by atoms with van der Waals surface area (Å²) in [6, 6.07) is 32.0. The first-order valence-corrected chi connectivity index (χ1v) is 12.0. The average molecular weight is 487 g/mol. The monoisotopic (exact) mass is 486 g/mol. The Morgan fingerprint density at radius 1 is 0.568 bits per heavy atom. The number of esters is 2. The van der Waals surface area contributed by atoms with E-state index in [4.69, 9.17) is 9.47 Å². The van der Waals surface area contributed by atoms with Gasteiger partial charge in [-0.3, -0.25) is 0 Å². The van der Waals surface area contributed by atoms with Crippen LogP contribution in [0, 0.1) is 0 Å². The first-order chi connectivity index (χ1) is 17.8. The fraction of sp³-hybridized carbons (Fsp3) is 0.0909. The van der Waals surface area contributed by atoms with Gasteiger partial charge in [-0.2, -0.15) is 0 Å². The maximum absolute atomic E-state index is 12.1. The van der Waals surface area contributed by atoms with Gasteiger partial charge in [-0.15, -0.1) is 0 Å². The number of ether oxygens (including phenoxy) is 2. The zero-order valence-electron chi connectivity index (χ0n) is 20.8. The molecule has 0 aromatic heterocycles. The van der Waals surface area contributed by atoms with E-state index in [1.807, 2.05) is 72.8 Å². The van der Waals surface area contributed by atoms with Gasteiger partial charge in [0.15, 0.2) is 0 Å². The van der Waals surface area contributed by atoms with Crippen LogP contribution in [0.25, 0.3) is 11.1 Å². The van der Waals surface area contributed by atoms with Crippen molar-refractivity contribution in [1.82, 2.24) is 0 Å². The van der Waals surface area contributed by atoms with Gasteiger partial charge in [0.25, 0.3) is 0 Å². The van der Waals surface area contributed by atoms with E-state index in [1.165, 1.54) is 0 Å². The Morgan fingerprint density at radius 3 is 1.27 bits per heavy atom. The Hall–Kier alpha value is -4.70. The third kappa shape index (κ3) is 4.07. The highest BCUT2D eigenvalue weighted by atomic mass is 16.5. The van der Waals surface area contributed by atoms with Gasteiger partial charge < -0.3 is 9.47 Å². The van der Waals surface area contributed by atoms with Crippen LogP contribution >= 0.6 is 0 Å². The third-order valence-corrected chi connectivity index (χ3v) is 6.64. The smallest absolute Gasteiger partial charge is 0.338 e. The molecule has 0 saturated heterocycles. The lowest BCUT2D eigenvalue weighted by Gasteiger charge is -2.34. The molecule has 0 heterocycles. The van der Waals surface area contributed by atoms with Crippen molar-refractivity contribution in [3.63, 3.8) is 0 Å². The van der Waals surface area contributed by atoms with Gasteiger partial charge in [0.1, 0.15) is 11.5 Å². The predicted molar refractivity (Wildman–Crippen MR) is 145 cm³/mol. The van der Waals surface area contributed by atoms with Crippen LogP contribution in [0.5, 0.6) is 11.5 Å². The summed E-state index contributed by atoms with van der Waals surface area (Å²) in [5.41, 5.74) is 6.71. The molecule has 0 saturated carbocycles. The van der Waals surface area contributed by atoms with Gasteiger partial charge in [0.05, 0.1) is 5.41 Å². The normalized spacial score (nSPS) is 12.7. The van der Waals surface area contributed by atoms with Crippen molar-refractivity contribution in [2.24, 2.45) is 0 Å². The maximum atomic E-state index is 12.1. The number of hydrogen-bond donors (Lipinski definition) is 0. The van der Waals surface area contributed by atoms with Crippen LogP contribution in [0.3, 0.4) is 0 Å². The molecule has 5 rings (SSSR count). The van der Waals surface area contributed by atoms with Crippen LogP contribution in [0.1, 0.15) is 36.1 Å². The number of carbonyl (C=O) groups excluding carboxylic acids is 2. The van der Waals surface area contributed by atoms with Crippen LogP contribution < -0.4 is 9.47 Å². The molecule has 1 aliphatic carbocycles. The molecule has 0 atom stereocenters. The summed E-state index contributed by atoms with van der Waals surface area (Å²) in [5, 5.41) is 0. The van der Waals surface area contributed by atoms with Crippen molar-refractivity contribution in [2.45, 2.75) is 19.3 Å². The predicted octanol–water partition coefficient (Wildman–Crippen LogP) is 7.01. The van der Waals surface area contributed by atoms with Crippen LogP contribution in [0.15, 0.2) is 121 Å². The fourth-order valence-corrected chi connectivity index (χ4v) is 4.96. The topological polar surface area (TPSA) is 52.6 Å². The van der Waals surface area contributed by atoms with E-state index >= 15 is 0 Å². The molecular formula is C33H26O4. The molecule has 1 aliphatic rings. The summed E-state index contributed by atoms with van der Waals surface area (Å²) < 4.78 is 10.9. The summed E-state index contributed by atoms with van der Waals surface area (Å²) in [5.74, 6) is -0.0140. The molecule has 4 nitrogen and oxygen atoms in total. The lowest BCUT2D eigenvalue weighted by molar-refractivity contribution is -0.130. The SMILES string of the molecule is C=C(C)C(=O)Oc1ccc(C2(c3ccc(OC(=O)C(=C)C)cc3)c3ccccc3-c3ccccc32)cc1. The first kappa shape index (κ1) is 24.0. The van der Waals surface area contributed by atoms with E-state index in [-0.39, 0.29) is 0 Å². The molecule has 4 aromatic rings. The second-order valence-corrected chi connectivity index (χ2v) is 9.23. The Labute approximate surface area is 216 Å². The van der Waals surface area contributed by atoms with Crippen LogP contribution in [0.4, 0.5) is 0 Å². The van der Waals surface area contributed by atoms with Crippen molar-refractivity contribution < 1.29 is 19.1 Å². The zero-order chi connectivity index (χ0) is 26.2. The molecule has 0 fully saturated rings. The molecule has 37 heavy (non-hydrogen) atoms. The van der Waals surface area contributed by atoms with Gasteiger partial charge in [0.2, 0.25) is 0 Å². The highest BCUT2D eigenvalue weighted by Crippen LogP contribution is 2.56. The van der Waals surface area contributed by atoms with Gasteiger partial charge in [-0.05, 0) is 71.5 Å². The molecule has 0 spiro atoms. The van der Waals surface area contributed by atoms with Gasteiger partial charge in [-0.25, -0.2) is 9.59 Å². The van der Waals surface area contributed by atoms with E-state index in [9.17, 15) is 9.59 Å². The summed E-state index contributed by atoms with van der Waals surface area (Å²) in [6.45, 7) is 10.6. The molecule has 4 heteroatoms. The number of hydrogen-bond acceptors (Lipinski definition) is 4. The van der Waals surface area contributed by atoms with Crippen LogP contribution in [0.2, 0.25) is 0 Å². The second kappa shape index (κ2) is 9.40. The summed E-state index contributed by atoms with van der Waals surface area (Å²) >= 11 is 0. The molecule has 0 bridgehead atoms. The standard InChI is InChI=1S/C33H26O4/c1-21(2)31(34)36-25-17-13-23(14-18-25)33(24-15-19-26(20-16-24)37-32(35)22(3)4)29-11-7-5-9-27(29)28-10-6-8-12-30(28)33/h5-20H,1,3H2,2,4H3. The van der Waals surface area contributed by atoms with Crippen molar-refractivity contribution in [3.8, 4) is 22.6 Å². The van der Waals surface area contributed by atoms with E-state index in [2.05, 4.69) is 37.4 Å². The fourth-order valence-electron chi connectivity index (χ4n) is 4.96. The first-order valence-electron chi connectivity index (χ1n) is 12.0. The number of carbonyl (C=O) groups is 2. The van der Waals surface area contributed by atoms with Crippen LogP contribution in [-0.4, -0.2) is 11.9 Å². The Morgan fingerprint density at radius 2 is 0.919 bits per heavy atom. The molecule has 0 amide bonds. The Kier molecular flexibility index (Phi) is 6.10. The van der Waals surface area contributed by atoms with Gasteiger partial charge in [-0.1, -0.05) is 86.0 Å². The minimum atomic E-state index is -0.624. The molecule has 0 N–H and O–H groups in total. The second-order valence-electron chi connectivity index (χ2n) is 9.23. The van der Waals surface area contributed by atoms with E-state index < -0.39 is 17.4 Å². The van der Waals surface area contributed by atoms with Crippen LogP contribution in [-0.2, 0) is 15.0 Å². The molecule has 4 aromatic carbocycles. The minimum absolute atomic E-state index is 0.339. The van der Waals surface area contributed by atoms with Gasteiger partial charge >= 0.3 is 11.9 Å². The minimum Gasteiger partial charge on any atom is -0.423 e. The summed E-state index contributed by atoms with van der Waals surface area (Å²) in [7, 11) is 0. The van der Waals surface area contributed by atoms with E-state index in [0.717, 1.165) is 33.4 Å². The quantitative estimate of drug-likeness (QED) is 0.147. The number of fused-ring (bicyclic) bond motifs is 3. The molecule has 0 radical (unpaired) electrons. The van der Waals surface area contributed by atoms with Crippen molar-refractivity contribution in [1.29, 1.82) is 0 Å². The number of rotatable bonds is 6. The highest BCUT2D eigenvalue weighted by Gasteiger charge is 2.45. The molecule has 0 aliphatic heterocycles. The molecular weight excluding hydrogens is 460 g/mol. The van der Waals surface area contributed by atoms with E-state index in [1.54, 1.807) is 13.8 Å². The van der Waals surface area contributed by atoms with Crippen molar-refractivity contribution in [2.75, 3.05) is 0 Å². The largest absolute Gasteiger partial charge is 0.423 e. The molecule has 182 valence electrons. The summed E-state index contributed by atoms with van der Waals surface area (Å²) in [4.78, 5) is 24.1. The lowest BCUT2D eigenvalue weighted by Crippen LogP contribution is -2.28. The van der Waals surface area contributed by atoms with Crippen molar-refractivity contribution >= 4 is 11.9 Å². The Bertz CT molecular complexity index is 1420. The average Bonchev–Trinajstić information content (AvgIpc) is 3.21. The Balaban J connectivity index is 1.69.